The number of carbonyl (C=O) groups is 1. The molecule has 3 heteroatoms. The Balaban J connectivity index is 1.92. The van der Waals surface area contributed by atoms with Crippen molar-refractivity contribution in [1.29, 1.82) is 0 Å². The van der Waals surface area contributed by atoms with E-state index in [2.05, 4.69) is 12.2 Å². The Kier molecular flexibility index (Phi) is 4.81. The maximum atomic E-state index is 12.2. The van der Waals surface area contributed by atoms with E-state index in [0.717, 1.165) is 18.5 Å². The Morgan fingerprint density at radius 1 is 1.30 bits per heavy atom. The van der Waals surface area contributed by atoms with Crippen LogP contribution < -0.4 is 11.1 Å². The third-order valence-electron chi connectivity index (χ3n) is 4.77. The number of rotatable bonds is 5. The van der Waals surface area contributed by atoms with Gasteiger partial charge in [0.2, 0.25) is 5.91 Å². The quantitative estimate of drug-likeness (QED) is 0.867. The Bertz CT molecular complexity index is 447. The molecule has 1 aromatic carbocycles. The Morgan fingerprint density at radius 2 is 1.90 bits per heavy atom. The lowest BCUT2D eigenvalue weighted by molar-refractivity contribution is -0.123. The Hall–Kier alpha value is -1.35. The first-order valence-electron chi connectivity index (χ1n) is 7.66. The minimum Gasteiger partial charge on any atom is -0.354 e. The van der Waals surface area contributed by atoms with E-state index in [1.807, 2.05) is 31.2 Å². The number of nitrogens with one attached hydrogen (secondary N) is 1. The van der Waals surface area contributed by atoms with Crippen LogP contribution in [0.25, 0.3) is 0 Å². The highest BCUT2D eigenvalue weighted by Crippen LogP contribution is 2.40. The Labute approximate surface area is 121 Å². The summed E-state index contributed by atoms with van der Waals surface area (Å²) in [6, 6.07) is 7.29. The van der Waals surface area contributed by atoms with Gasteiger partial charge in [-0.25, -0.2) is 0 Å². The molecule has 1 fully saturated rings. The molecule has 1 aromatic rings. The average molecular weight is 274 g/mol. The molecular weight excluding hydrogens is 248 g/mol. The monoisotopic (exact) mass is 274 g/mol. The minimum atomic E-state index is -0.564. The van der Waals surface area contributed by atoms with Crippen molar-refractivity contribution in [3.05, 3.63) is 35.4 Å². The van der Waals surface area contributed by atoms with Crippen molar-refractivity contribution < 1.29 is 4.79 Å². The summed E-state index contributed by atoms with van der Waals surface area (Å²) < 4.78 is 0. The van der Waals surface area contributed by atoms with Crippen molar-refractivity contribution in [2.75, 3.05) is 6.54 Å². The lowest BCUT2D eigenvalue weighted by atomic mass is 9.83. The number of hydrogen-bond acceptors (Lipinski definition) is 2. The molecule has 1 unspecified atom stereocenters. The number of aryl methyl sites for hydroxylation is 1. The molecule has 1 aliphatic carbocycles. The van der Waals surface area contributed by atoms with Gasteiger partial charge in [0.15, 0.2) is 0 Å². The van der Waals surface area contributed by atoms with Crippen molar-refractivity contribution in [2.24, 2.45) is 11.1 Å². The van der Waals surface area contributed by atoms with E-state index in [1.165, 1.54) is 31.2 Å². The van der Waals surface area contributed by atoms with Gasteiger partial charge < -0.3 is 11.1 Å². The second kappa shape index (κ2) is 6.40. The molecule has 3 N–H and O–H groups in total. The smallest absolute Gasteiger partial charge is 0.241 e. The topological polar surface area (TPSA) is 55.1 Å². The Morgan fingerprint density at radius 3 is 2.45 bits per heavy atom. The van der Waals surface area contributed by atoms with Crippen LogP contribution in [0.4, 0.5) is 0 Å². The maximum Gasteiger partial charge on any atom is 0.241 e. The summed E-state index contributed by atoms with van der Waals surface area (Å²) in [5, 5.41) is 3.07. The second-order valence-electron chi connectivity index (χ2n) is 6.17. The third-order valence-corrected chi connectivity index (χ3v) is 4.77. The molecule has 1 saturated carbocycles. The van der Waals surface area contributed by atoms with Crippen LogP contribution in [-0.4, -0.2) is 12.5 Å². The lowest BCUT2D eigenvalue weighted by Gasteiger charge is -2.28. The summed E-state index contributed by atoms with van der Waals surface area (Å²) in [7, 11) is 0. The summed E-state index contributed by atoms with van der Waals surface area (Å²) in [5.74, 6) is -0.0615. The van der Waals surface area contributed by atoms with E-state index in [-0.39, 0.29) is 5.91 Å². The highest BCUT2D eigenvalue weighted by molar-refractivity contribution is 5.82. The van der Waals surface area contributed by atoms with E-state index in [4.69, 9.17) is 5.73 Å². The number of hydrogen-bond donors (Lipinski definition) is 2. The first-order chi connectivity index (χ1) is 9.56. The first-order valence-corrected chi connectivity index (χ1v) is 7.66. The molecule has 0 saturated heterocycles. The van der Waals surface area contributed by atoms with Crippen LogP contribution in [0.1, 0.15) is 56.2 Å². The number of nitrogens with two attached hydrogens (primary N) is 1. The summed E-state index contributed by atoms with van der Waals surface area (Å²) in [5.41, 5.74) is 8.41. The van der Waals surface area contributed by atoms with Gasteiger partial charge in [0, 0.05) is 6.54 Å². The zero-order valence-electron chi connectivity index (χ0n) is 12.6. The highest BCUT2D eigenvalue weighted by atomic mass is 16.2. The van der Waals surface area contributed by atoms with Crippen molar-refractivity contribution in [3.8, 4) is 0 Å². The van der Waals surface area contributed by atoms with Crippen LogP contribution in [0.3, 0.4) is 0 Å². The van der Waals surface area contributed by atoms with Crippen LogP contribution in [0, 0.1) is 12.3 Å². The summed E-state index contributed by atoms with van der Waals surface area (Å²) in [6.45, 7) is 5.01. The molecule has 110 valence electrons. The number of carbonyl (C=O) groups excluding carboxylic acids is 1. The van der Waals surface area contributed by atoms with E-state index in [9.17, 15) is 4.79 Å². The van der Waals surface area contributed by atoms with Crippen LogP contribution in [0.5, 0.6) is 0 Å². The molecular formula is C17H26N2O. The van der Waals surface area contributed by atoms with E-state index < -0.39 is 6.04 Å². The summed E-state index contributed by atoms with van der Waals surface area (Å²) in [4.78, 5) is 12.2. The van der Waals surface area contributed by atoms with Gasteiger partial charge in [0.25, 0.3) is 0 Å². The maximum absolute atomic E-state index is 12.2. The van der Waals surface area contributed by atoms with Gasteiger partial charge in [-0.15, -0.1) is 0 Å². The fourth-order valence-corrected chi connectivity index (χ4v) is 3.09. The second-order valence-corrected chi connectivity index (χ2v) is 6.17. The highest BCUT2D eigenvalue weighted by Gasteiger charge is 2.32. The fourth-order valence-electron chi connectivity index (χ4n) is 3.09. The molecule has 1 amide bonds. The molecule has 0 spiro atoms. The van der Waals surface area contributed by atoms with Gasteiger partial charge in [0.1, 0.15) is 6.04 Å². The molecule has 0 radical (unpaired) electrons. The van der Waals surface area contributed by atoms with E-state index in [1.54, 1.807) is 0 Å². The molecule has 20 heavy (non-hydrogen) atoms. The van der Waals surface area contributed by atoms with Gasteiger partial charge in [0.05, 0.1) is 0 Å². The predicted octanol–water partition coefficient (Wildman–Crippen LogP) is 3.08. The normalized spacial score (nSPS) is 18.8. The van der Waals surface area contributed by atoms with Crippen molar-refractivity contribution >= 4 is 5.91 Å². The standard InChI is InChI=1S/C17H26N2O/c1-3-17(10-4-5-11-17)12-19-16(20)15(18)14-8-6-13(2)7-9-14/h6-9,15H,3-5,10-12,18H2,1-2H3,(H,19,20). The zero-order valence-corrected chi connectivity index (χ0v) is 12.6. The molecule has 2 rings (SSSR count). The number of amides is 1. The van der Waals surface area contributed by atoms with Crippen LogP contribution in [-0.2, 0) is 4.79 Å². The predicted molar refractivity (Wildman–Crippen MR) is 82.3 cm³/mol. The molecule has 3 nitrogen and oxygen atoms in total. The largest absolute Gasteiger partial charge is 0.354 e. The molecule has 0 aromatic heterocycles. The van der Waals surface area contributed by atoms with Gasteiger partial charge in [-0.1, -0.05) is 49.6 Å². The lowest BCUT2D eigenvalue weighted by Crippen LogP contribution is -2.40. The van der Waals surface area contributed by atoms with Crippen LogP contribution in [0.2, 0.25) is 0 Å². The van der Waals surface area contributed by atoms with Gasteiger partial charge in [-0.3, -0.25) is 4.79 Å². The van der Waals surface area contributed by atoms with Gasteiger partial charge >= 0.3 is 0 Å². The van der Waals surface area contributed by atoms with Crippen LogP contribution in [0.15, 0.2) is 24.3 Å². The van der Waals surface area contributed by atoms with Crippen LogP contribution >= 0.6 is 0 Å². The first kappa shape index (κ1) is 15.0. The minimum absolute atomic E-state index is 0.0615. The average Bonchev–Trinajstić information content (AvgIpc) is 2.94. The van der Waals surface area contributed by atoms with Gasteiger partial charge in [-0.05, 0) is 37.2 Å². The molecule has 0 aliphatic heterocycles. The molecule has 0 bridgehead atoms. The van der Waals surface area contributed by atoms with Crippen molar-refractivity contribution in [1.82, 2.24) is 5.32 Å². The SMILES string of the molecule is CCC1(CNC(=O)C(N)c2ccc(C)cc2)CCCC1. The number of benzene rings is 1. The zero-order chi connectivity index (χ0) is 14.6. The van der Waals surface area contributed by atoms with Gasteiger partial charge in [-0.2, -0.15) is 0 Å². The fraction of sp³-hybridized carbons (Fsp3) is 0.588. The van der Waals surface area contributed by atoms with Crippen molar-refractivity contribution in [2.45, 2.75) is 52.0 Å². The van der Waals surface area contributed by atoms with E-state index >= 15 is 0 Å². The third kappa shape index (κ3) is 3.40. The van der Waals surface area contributed by atoms with Crippen molar-refractivity contribution in [3.63, 3.8) is 0 Å². The molecule has 1 aliphatic rings. The van der Waals surface area contributed by atoms with E-state index in [0.29, 0.717) is 5.41 Å². The summed E-state index contributed by atoms with van der Waals surface area (Å²) >= 11 is 0. The molecule has 0 heterocycles. The molecule has 1 atom stereocenters. The summed E-state index contributed by atoms with van der Waals surface area (Å²) in [6.07, 6.45) is 6.15.